The Balaban J connectivity index is 1.79. The highest BCUT2D eigenvalue weighted by Crippen LogP contribution is 2.26. The maximum absolute atomic E-state index is 5.66. The van der Waals surface area contributed by atoms with Crippen LogP contribution in [-0.2, 0) is 12.8 Å². The Kier molecular flexibility index (Phi) is 3.38. The second-order valence-corrected chi connectivity index (χ2v) is 5.08. The number of aromatic nitrogens is 5. The second-order valence-electron chi connectivity index (χ2n) is 4.14. The molecule has 0 atom stereocenters. The van der Waals surface area contributed by atoms with Gasteiger partial charge in [0.25, 0.3) is 0 Å². The largest absolute Gasteiger partial charge is 0.379 e. The lowest BCUT2D eigenvalue weighted by atomic mass is 10.2. The third-order valence-corrected chi connectivity index (χ3v) is 3.86. The first kappa shape index (κ1) is 12.7. The summed E-state index contributed by atoms with van der Waals surface area (Å²) in [6.45, 7) is 0. The highest BCUT2D eigenvalue weighted by atomic mass is 32.2. The lowest BCUT2D eigenvalue weighted by Crippen LogP contribution is -1.97. The van der Waals surface area contributed by atoms with Gasteiger partial charge in [-0.05, 0) is 15.9 Å². The molecule has 3 aromatic rings. The van der Waals surface area contributed by atoms with Crippen molar-refractivity contribution >= 4 is 17.6 Å². The van der Waals surface area contributed by atoms with Gasteiger partial charge in [-0.1, -0.05) is 42.1 Å². The summed E-state index contributed by atoms with van der Waals surface area (Å²) in [5.41, 5.74) is 7.30. The van der Waals surface area contributed by atoms with Gasteiger partial charge in [-0.2, -0.15) is 0 Å². The van der Waals surface area contributed by atoms with E-state index in [2.05, 4.69) is 37.3 Å². The molecule has 102 valence electrons. The zero-order valence-electron chi connectivity index (χ0n) is 10.7. The van der Waals surface area contributed by atoms with Crippen molar-refractivity contribution < 1.29 is 4.63 Å². The SMILES string of the molecule is Cn1c(SCc2ccccc2)nnc1-c1nonc1N. The van der Waals surface area contributed by atoms with E-state index >= 15 is 0 Å². The van der Waals surface area contributed by atoms with E-state index in [4.69, 9.17) is 5.73 Å². The van der Waals surface area contributed by atoms with E-state index in [0.29, 0.717) is 11.5 Å². The Morgan fingerprint density at radius 3 is 2.70 bits per heavy atom. The Morgan fingerprint density at radius 2 is 2.00 bits per heavy atom. The van der Waals surface area contributed by atoms with Crippen molar-refractivity contribution in [2.24, 2.45) is 7.05 Å². The number of nitrogens with two attached hydrogens (primary N) is 1. The third kappa shape index (κ3) is 2.37. The molecular weight excluding hydrogens is 276 g/mol. The topological polar surface area (TPSA) is 95.6 Å². The third-order valence-electron chi connectivity index (χ3n) is 2.77. The van der Waals surface area contributed by atoms with Gasteiger partial charge in [0, 0.05) is 12.8 Å². The summed E-state index contributed by atoms with van der Waals surface area (Å²) in [5, 5.41) is 16.3. The van der Waals surface area contributed by atoms with Gasteiger partial charge in [-0.3, -0.25) is 0 Å². The lowest BCUT2D eigenvalue weighted by Gasteiger charge is -2.02. The fraction of sp³-hybridized carbons (Fsp3) is 0.167. The average Bonchev–Trinajstić information content (AvgIpc) is 3.04. The van der Waals surface area contributed by atoms with Crippen LogP contribution in [0.5, 0.6) is 0 Å². The maximum atomic E-state index is 5.66. The molecule has 0 aliphatic rings. The maximum Gasteiger partial charge on any atom is 0.199 e. The summed E-state index contributed by atoms with van der Waals surface area (Å²) in [5.74, 6) is 1.57. The minimum Gasteiger partial charge on any atom is -0.379 e. The number of nitrogens with zero attached hydrogens (tertiary/aromatic N) is 5. The summed E-state index contributed by atoms with van der Waals surface area (Å²) in [6.07, 6.45) is 0. The number of hydrogen-bond acceptors (Lipinski definition) is 7. The molecule has 2 N–H and O–H groups in total. The number of benzene rings is 1. The van der Waals surface area contributed by atoms with Crippen molar-refractivity contribution in [1.29, 1.82) is 0 Å². The molecule has 7 nitrogen and oxygen atoms in total. The molecule has 0 aliphatic carbocycles. The molecule has 0 unspecified atom stereocenters. The first-order chi connectivity index (χ1) is 9.75. The van der Waals surface area contributed by atoms with E-state index in [1.165, 1.54) is 5.56 Å². The van der Waals surface area contributed by atoms with Crippen molar-refractivity contribution in [2.45, 2.75) is 10.9 Å². The molecule has 0 aliphatic heterocycles. The molecule has 20 heavy (non-hydrogen) atoms. The predicted molar refractivity (Wildman–Crippen MR) is 74.7 cm³/mol. The summed E-state index contributed by atoms with van der Waals surface area (Å²) >= 11 is 1.59. The molecule has 0 amide bonds. The summed E-state index contributed by atoms with van der Waals surface area (Å²) in [4.78, 5) is 0. The van der Waals surface area contributed by atoms with Gasteiger partial charge in [0.05, 0.1) is 0 Å². The molecule has 0 radical (unpaired) electrons. The van der Waals surface area contributed by atoms with Crippen LogP contribution in [0.1, 0.15) is 5.56 Å². The normalized spacial score (nSPS) is 10.8. The monoisotopic (exact) mass is 288 g/mol. The van der Waals surface area contributed by atoms with Crippen molar-refractivity contribution in [3.8, 4) is 11.5 Å². The second kappa shape index (κ2) is 5.33. The van der Waals surface area contributed by atoms with E-state index in [1.807, 2.05) is 29.8 Å². The van der Waals surface area contributed by atoms with Crippen LogP contribution >= 0.6 is 11.8 Å². The molecule has 8 heteroatoms. The van der Waals surface area contributed by atoms with Crippen LogP contribution in [0.2, 0.25) is 0 Å². The molecule has 0 saturated carbocycles. The Hall–Kier alpha value is -2.35. The van der Waals surface area contributed by atoms with Gasteiger partial charge in [0.1, 0.15) is 0 Å². The van der Waals surface area contributed by atoms with Gasteiger partial charge < -0.3 is 10.3 Å². The molecule has 2 aromatic heterocycles. The van der Waals surface area contributed by atoms with Crippen LogP contribution in [0.3, 0.4) is 0 Å². The van der Waals surface area contributed by atoms with Crippen molar-refractivity contribution in [2.75, 3.05) is 5.73 Å². The first-order valence-corrected chi connectivity index (χ1v) is 6.89. The Labute approximate surface area is 119 Å². The zero-order valence-corrected chi connectivity index (χ0v) is 11.5. The summed E-state index contributed by atoms with van der Waals surface area (Å²) in [6, 6.07) is 10.2. The highest BCUT2D eigenvalue weighted by molar-refractivity contribution is 7.98. The Bertz CT molecular complexity index is 708. The predicted octanol–water partition coefficient (Wildman–Crippen LogP) is 1.74. The van der Waals surface area contributed by atoms with E-state index in [-0.39, 0.29) is 5.82 Å². The smallest absolute Gasteiger partial charge is 0.199 e. The molecule has 0 bridgehead atoms. The van der Waals surface area contributed by atoms with E-state index in [9.17, 15) is 0 Å². The molecule has 3 rings (SSSR count). The highest BCUT2D eigenvalue weighted by Gasteiger charge is 2.17. The standard InChI is InChI=1S/C12H12N6OS/c1-18-11(9-10(13)17-19-16-9)14-15-12(18)20-7-8-5-3-2-4-6-8/h2-6H,7H2,1H3,(H2,13,17). The lowest BCUT2D eigenvalue weighted by molar-refractivity contribution is 0.310. The molecule has 0 fully saturated rings. The van der Waals surface area contributed by atoms with Crippen molar-refractivity contribution in [1.82, 2.24) is 25.1 Å². The van der Waals surface area contributed by atoms with Crippen LogP contribution in [0.25, 0.3) is 11.5 Å². The van der Waals surface area contributed by atoms with Crippen LogP contribution in [0.15, 0.2) is 40.1 Å². The number of anilines is 1. The fourth-order valence-electron chi connectivity index (χ4n) is 1.72. The quantitative estimate of drug-likeness (QED) is 0.730. The number of thioether (sulfide) groups is 1. The molecule has 1 aromatic carbocycles. The van der Waals surface area contributed by atoms with Crippen LogP contribution in [0.4, 0.5) is 5.82 Å². The van der Waals surface area contributed by atoms with Gasteiger partial charge in [-0.25, -0.2) is 4.63 Å². The van der Waals surface area contributed by atoms with Gasteiger partial charge in [-0.15, -0.1) is 10.2 Å². The molecular formula is C12H12N6OS. The van der Waals surface area contributed by atoms with Gasteiger partial charge in [0.15, 0.2) is 22.5 Å². The van der Waals surface area contributed by atoms with E-state index in [1.54, 1.807) is 11.8 Å². The Morgan fingerprint density at radius 1 is 1.20 bits per heavy atom. The van der Waals surface area contributed by atoms with Crippen LogP contribution in [-0.4, -0.2) is 25.1 Å². The number of rotatable bonds is 4. The van der Waals surface area contributed by atoms with Gasteiger partial charge in [0.2, 0.25) is 0 Å². The summed E-state index contributed by atoms with van der Waals surface area (Å²) < 4.78 is 6.40. The van der Waals surface area contributed by atoms with Crippen molar-refractivity contribution in [3.05, 3.63) is 35.9 Å². The first-order valence-electron chi connectivity index (χ1n) is 5.90. The molecule has 0 spiro atoms. The molecule has 0 saturated heterocycles. The van der Waals surface area contributed by atoms with Crippen LogP contribution < -0.4 is 5.73 Å². The summed E-state index contributed by atoms with van der Waals surface area (Å²) in [7, 11) is 1.86. The van der Waals surface area contributed by atoms with E-state index < -0.39 is 0 Å². The van der Waals surface area contributed by atoms with Gasteiger partial charge >= 0.3 is 0 Å². The fourth-order valence-corrected chi connectivity index (χ4v) is 2.59. The number of nitrogen functional groups attached to an aromatic ring is 1. The molecule has 2 heterocycles. The van der Waals surface area contributed by atoms with Crippen LogP contribution in [0, 0.1) is 0 Å². The van der Waals surface area contributed by atoms with E-state index in [0.717, 1.165) is 10.9 Å². The minimum absolute atomic E-state index is 0.208. The van der Waals surface area contributed by atoms with Crippen molar-refractivity contribution in [3.63, 3.8) is 0 Å². The zero-order chi connectivity index (χ0) is 13.9. The average molecular weight is 288 g/mol. The minimum atomic E-state index is 0.208. The number of hydrogen-bond donors (Lipinski definition) is 1.